The summed E-state index contributed by atoms with van der Waals surface area (Å²) in [6.07, 6.45) is 0. The van der Waals surface area contributed by atoms with Gasteiger partial charge in [-0.25, -0.2) is 0 Å². The van der Waals surface area contributed by atoms with Crippen molar-refractivity contribution in [3.05, 3.63) is 0 Å². The minimum atomic E-state index is 0. The first-order valence-electron chi connectivity index (χ1n) is 0. The van der Waals surface area contributed by atoms with Gasteiger partial charge in [0.15, 0.2) is 0 Å². The van der Waals surface area contributed by atoms with Crippen LogP contribution in [0.4, 0.5) is 0 Å². The fourth-order valence-corrected chi connectivity index (χ4v) is 0. The van der Waals surface area contributed by atoms with Crippen LogP contribution in [0.15, 0.2) is 0 Å². The number of hydrogen-bond donors (Lipinski definition) is 0. The molecule has 8 heavy (non-hydrogen) atoms. The molecule has 10 N–H and O–H groups in total. The molecule has 8 heteroatoms. The molecule has 0 fully saturated rings. The molecule has 0 aromatic heterocycles. The standard InChI is InChI=1S/3Na.5H2O.3H/h;;;5*1H2;;;. The summed E-state index contributed by atoms with van der Waals surface area (Å²) in [5.74, 6) is 0. The van der Waals surface area contributed by atoms with Crippen molar-refractivity contribution in [1.29, 1.82) is 0 Å². The average molecular weight is 162 g/mol. The van der Waals surface area contributed by atoms with Gasteiger partial charge in [0.25, 0.3) is 0 Å². The maximum absolute atomic E-state index is 0. The van der Waals surface area contributed by atoms with Gasteiger partial charge in [-0.1, -0.05) is 0 Å². The van der Waals surface area contributed by atoms with E-state index < -0.39 is 0 Å². The Morgan fingerprint density at radius 3 is 0.250 bits per heavy atom. The molecule has 0 aromatic carbocycles. The Labute approximate surface area is 114 Å². The van der Waals surface area contributed by atoms with Crippen LogP contribution in [-0.4, -0.2) is 116 Å². The molecule has 0 bridgehead atoms. The third-order valence-corrected chi connectivity index (χ3v) is 0. The second-order valence-electron chi connectivity index (χ2n) is 0. The van der Waals surface area contributed by atoms with Gasteiger partial charge in [0.1, 0.15) is 0 Å². The van der Waals surface area contributed by atoms with E-state index in [9.17, 15) is 0 Å². The monoisotopic (exact) mass is 162 g/mol. The van der Waals surface area contributed by atoms with Crippen LogP contribution in [0, 0.1) is 0 Å². The molecule has 46 valence electrons. The molecule has 0 saturated carbocycles. The molecule has 0 aliphatic heterocycles. The first-order valence-corrected chi connectivity index (χ1v) is 0. The zero-order chi connectivity index (χ0) is 0. The van der Waals surface area contributed by atoms with Gasteiger partial charge in [-0.3, -0.25) is 0 Å². The molecule has 0 spiro atoms. The Morgan fingerprint density at radius 2 is 0.250 bits per heavy atom. The van der Waals surface area contributed by atoms with Gasteiger partial charge < -0.3 is 27.4 Å². The van der Waals surface area contributed by atoms with E-state index in [2.05, 4.69) is 0 Å². The fraction of sp³-hybridized carbons (Fsp3) is 0. The van der Waals surface area contributed by atoms with Crippen molar-refractivity contribution in [3.63, 3.8) is 0 Å². The Morgan fingerprint density at radius 1 is 0.250 bits per heavy atom. The van der Waals surface area contributed by atoms with Crippen LogP contribution in [0.3, 0.4) is 0 Å². The molecule has 0 radical (unpaired) electrons. The molecule has 0 rings (SSSR count). The van der Waals surface area contributed by atoms with Crippen molar-refractivity contribution in [2.24, 2.45) is 0 Å². The normalized spacial score (nSPS) is 0. The summed E-state index contributed by atoms with van der Waals surface area (Å²) in [6.45, 7) is 0. The molecular formula is H13Na3O5. The van der Waals surface area contributed by atoms with Crippen molar-refractivity contribution < 1.29 is 27.4 Å². The third kappa shape index (κ3) is 68.3. The zero-order valence-electron chi connectivity index (χ0n) is 2.50. The predicted molar refractivity (Wildman–Crippen MR) is 39.5 cm³/mol. The van der Waals surface area contributed by atoms with Gasteiger partial charge in [0.2, 0.25) is 0 Å². The van der Waals surface area contributed by atoms with E-state index in [-0.39, 0.29) is 116 Å². The molecular weight excluding hydrogens is 149 g/mol. The van der Waals surface area contributed by atoms with Crippen LogP contribution in [0.1, 0.15) is 0 Å². The molecule has 0 heterocycles. The Kier molecular flexibility index (Phi) is 1600. The van der Waals surface area contributed by atoms with Crippen molar-refractivity contribution >= 4 is 88.7 Å². The van der Waals surface area contributed by atoms with E-state index in [1.807, 2.05) is 0 Å². The first-order chi connectivity index (χ1) is 0. The third-order valence-electron chi connectivity index (χ3n) is 0. The summed E-state index contributed by atoms with van der Waals surface area (Å²) in [7, 11) is 0. The van der Waals surface area contributed by atoms with Crippen molar-refractivity contribution in [2.75, 3.05) is 0 Å². The SMILES string of the molecule is O.O.O.O.O.[NaH].[NaH].[NaH]. The number of hydrogen-bond acceptors (Lipinski definition) is 0. The van der Waals surface area contributed by atoms with Crippen LogP contribution in [0.25, 0.3) is 0 Å². The molecule has 5 nitrogen and oxygen atoms in total. The van der Waals surface area contributed by atoms with Gasteiger partial charge in [-0.2, -0.15) is 0 Å². The summed E-state index contributed by atoms with van der Waals surface area (Å²) in [5, 5.41) is 0. The quantitative estimate of drug-likeness (QED) is 0.310. The van der Waals surface area contributed by atoms with Gasteiger partial charge in [0, 0.05) is 0 Å². The molecule has 0 aliphatic rings. The van der Waals surface area contributed by atoms with Gasteiger partial charge >= 0.3 is 88.7 Å². The Hall–Kier alpha value is 2.80. The number of rotatable bonds is 0. The molecule has 0 saturated heterocycles. The van der Waals surface area contributed by atoms with Gasteiger partial charge in [-0.15, -0.1) is 0 Å². The van der Waals surface area contributed by atoms with Crippen molar-refractivity contribution in [3.8, 4) is 0 Å². The van der Waals surface area contributed by atoms with Crippen LogP contribution >= 0.6 is 0 Å². The summed E-state index contributed by atoms with van der Waals surface area (Å²) in [5.41, 5.74) is 0. The predicted octanol–water partition coefficient (Wildman–Crippen LogP) is -6.07. The van der Waals surface area contributed by atoms with Gasteiger partial charge in [0.05, 0.1) is 0 Å². The van der Waals surface area contributed by atoms with Crippen LogP contribution in [-0.2, 0) is 0 Å². The van der Waals surface area contributed by atoms with E-state index in [0.717, 1.165) is 0 Å². The zero-order valence-corrected chi connectivity index (χ0v) is 2.50. The van der Waals surface area contributed by atoms with Crippen LogP contribution < -0.4 is 0 Å². The molecule has 0 aromatic rings. The first kappa shape index (κ1) is 132. The summed E-state index contributed by atoms with van der Waals surface area (Å²) in [4.78, 5) is 0. The fourth-order valence-electron chi connectivity index (χ4n) is 0. The molecule has 0 unspecified atom stereocenters. The summed E-state index contributed by atoms with van der Waals surface area (Å²) < 4.78 is 0. The molecule has 0 aliphatic carbocycles. The van der Waals surface area contributed by atoms with Crippen LogP contribution in [0.2, 0.25) is 0 Å². The van der Waals surface area contributed by atoms with E-state index in [1.165, 1.54) is 0 Å². The maximum atomic E-state index is 0. The van der Waals surface area contributed by atoms with E-state index in [1.54, 1.807) is 0 Å². The van der Waals surface area contributed by atoms with Crippen molar-refractivity contribution in [2.45, 2.75) is 0 Å². The Balaban J connectivity index is 0. The molecule has 0 atom stereocenters. The average Bonchev–Trinajstić information content (AvgIpc) is 0. The Bertz CT molecular complexity index is 7.64. The van der Waals surface area contributed by atoms with E-state index >= 15 is 0 Å². The topological polar surface area (TPSA) is 158 Å². The van der Waals surface area contributed by atoms with Crippen LogP contribution in [0.5, 0.6) is 0 Å². The molecule has 0 amide bonds. The summed E-state index contributed by atoms with van der Waals surface area (Å²) in [6, 6.07) is 0. The van der Waals surface area contributed by atoms with Gasteiger partial charge in [-0.05, 0) is 0 Å². The minimum absolute atomic E-state index is 0. The van der Waals surface area contributed by atoms with Crippen molar-refractivity contribution in [1.82, 2.24) is 0 Å². The van der Waals surface area contributed by atoms with E-state index in [0.29, 0.717) is 0 Å². The second kappa shape index (κ2) is 96.8. The second-order valence-corrected chi connectivity index (χ2v) is 0. The summed E-state index contributed by atoms with van der Waals surface area (Å²) >= 11 is 0. The van der Waals surface area contributed by atoms with E-state index in [4.69, 9.17) is 0 Å².